The number of nitrogens with zero attached hydrogens (tertiary/aromatic N) is 2. The molecule has 0 bridgehead atoms. The van der Waals surface area contributed by atoms with Crippen molar-refractivity contribution in [1.82, 2.24) is 9.97 Å². The van der Waals surface area contributed by atoms with E-state index in [1.54, 1.807) is 36.4 Å². The highest BCUT2D eigenvalue weighted by Crippen LogP contribution is 2.35. The van der Waals surface area contributed by atoms with E-state index >= 15 is 0 Å². The van der Waals surface area contributed by atoms with E-state index in [1.807, 2.05) is 12.1 Å². The molecule has 0 atom stereocenters. The molecule has 3 rings (SSSR count). The first-order valence-corrected chi connectivity index (χ1v) is 10.4. The summed E-state index contributed by atoms with van der Waals surface area (Å²) in [6.45, 7) is 8.82. The third-order valence-electron chi connectivity index (χ3n) is 4.63. The number of alkyl halides is 3. The summed E-state index contributed by atoms with van der Waals surface area (Å²) in [7, 11) is 0. The van der Waals surface area contributed by atoms with Crippen molar-refractivity contribution in [1.29, 1.82) is 0 Å². The van der Waals surface area contributed by atoms with Gasteiger partial charge in [0.25, 0.3) is 0 Å². The van der Waals surface area contributed by atoms with Crippen molar-refractivity contribution >= 4 is 23.1 Å². The summed E-state index contributed by atoms with van der Waals surface area (Å²) in [6.07, 6.45) is -3.81. The number of ether oxygens (including phenoxy) is 1. The fourth-order valence-electron chi connectivity index (χ4n) is 2.86. The average Bonchev–Trinajstić information content (AvgIpc) is 2.73. The van der Waals surface area contributed by atoms with Gasteiger partial charge in [0.05, 0.1) is 6.61 Å². The molecule has 0 radical (unpaired) electrons. The predicted molar refractivity (Wildman–Crippen MR) is 121 cm³/mol. The van der Waals surface area contributed by atoms with Gasteiger partial charge in [0.15, 0.2) is 0 Å². The van der Waals surface area contributed by atoms with Gasteiger partial charge < -0.3 is 15.4 Å². The summed E-state index contributed by atoms with van der Waals surface area (Å²) in [5.41, 5.74) is 1.30. The molecule has 2 N–H and O–H groups in total. The van der Waals surface area contributed by atoms with Crippen LogP contribution in [-0.2, 0) is 6.18 Å². The lowest BCUT2D eigenvalue weighted by Gasteiger charge is -2.15. The Morgan fingerprint density at radius 3 is 2.03 bits per heavy atom. The average molecular weight is 445 g/mol. The van der Waals surface area contributed by atoms with Gasteiger partial charge in [-0.3, -0.25) is 0 Å². The van der Waals surface area contributed by atoms with E-state index in [2.05, 4.69) is 48.3 Å². The molecule has 32 heavy (non-hydrogen) atoms. The van der Waals surface area contributed by atoms with Crippen molar-refractivity contribution in [3.05, 3.63) is 65.9 Å². The van der Waals surface area contributed by atoms with Crippen LogP contribution >= 0.6 is 0 Å². The standard InChI is InChI=1S/C24H27F3N4O/c1-15(2)14-32-20-11-9-19(10-12-20)30-23-28-13-21(24(25,26)27)22(31-23)29-18-7-5-17(6-8-18)16(3)4/h5-13,15-16H,14H2,1-4H3,(H2,28,29,30,31). The second-order valence-electron chi connectivity index (χ2n) is 8.21. The minimum Gasteiger partial charge on any atom is -0.493 e. The molecule has 0 spiro atoms. The van der Waals surface area contributed by atoms with Crippen LogP contribution in [0.4, 0.5) is 36.3 Å². The molecule has 1 heterocycles. The van der Waals surface area contributed by atoms with Crippen LogP contribution in [0.3, 0.4) is 0 Å². The Balaban J connectivity index is 1.80. The maximum atomic E-state index is 13.5. The van der Waals surface area contributed by atoms with Crippen LogP contribution in [0.15, 0.2) is 54.7 Å². The van der Waals surface area contributed by atoms with Crippen molar-refractivity contribution in [2.75, 3.05) is 17.2 Å². The quantitative estimate of drug-likeness (QED) is 0.387. The Kier molecular flexibility index (Phi) is 7.22. The molecule has 0 aliphatic rings. The lowest BCUT2D eigenvalue weighted by Crippen LogP contribution is -2.12. The maximum Gasteiger partial charge on any atom is 0.421 e. The summed E-state index contributed by atoms with van der Waals surface area (Å²) in [4.78, 5) is 7.93. The van der Waals surface area contributed by atoms with Gasteiger partial charge in [-0.25, -0.2) is 4.98 Å². The van der Waals surface area contributed by atoms with Crippen molar-refractivity contribution in [2.45, 2.75) is 39.8 Å². The second kappa shape index (κ2) is 9.89. The van der Waals surface area contributed by atoms with E-state index in [0.717, 1.165) is 11.8 Å². The molecule has 0 aliphatic carbocycles. The fraction of sp³-hybridized carbons (Fsp3) is 0.333. The summed E-state index contributed by atoms with van der Waals surface area (Å²) in [5.74, 6) is 1.18. The number of benzene rings is 2. The lowest BCUT2D eigenvalue weighted by atomic mass is 10.0. The van der Waals surface area contributed by atoms with Crippen molar-refractivity contribution in [3.63, 3.8) is 0 Å². The van der Waals surface area contributed by atoms with Crippen LogP contribution in [0.25, 0.3) is 0 Å². The Hall–Kier alpha value is -3.29. The molecule has 170 valence electrons. The maximum absolute atomic E-state index is 13.5. The summed E-state index contributed by atoms with van der Waals surface area (Å²) in [6, 6.07) is 14.3. The van der Waals surface area contributed by atoms with Gasteiger partial charge in [0.1, 0.15) is 17.1 Å². The van der Waals surface area contributed by atoms with Gasteiger partial charge in [0, 0.05) is 17.6 Å². The highest BCUT2D eigenvalue weighted by Gasteiger charge is 2.35. The van der Waals surface area contributed by atoms with Gasteiger partial charge in [0.2, 0.25) is 5.95 Å². The predicted octanol–water partition coefficient (Wildman–Crippen LogP) is 7.14. The van der Waals surface area contributed by atoms with Gasteiger partial charge in [-0.1, -0.05) is 39.8 Å². The lowest BCUT2D eigenvalue weighted by molar-refractivity contribution is -0.137. The van der Waals surface area contributed by atoms with Gasteiger partial charge in [-0.2, -0.15) is 18.2 Å². The second-order valence-corrected chi connectivity index (χ2v) is 8.21. The van der Waals surface area contributed by atoms with Crippen molar-refractivity contribution < 1.29 is 17.9 Å². The SMILES string of the molecule is CC(C)COc1ccc(Nc2ncc(C(F)(F)F)c(Nc3ccc(C(C)C)cc3)n2)cc1. The smallest absolute Gasteiger partial charge is 0.421 e. The van der Waals surface area contributed by atoms with Crippen LogP contribution in [0, 0.1) is 5.92 Å². The monoisotopic (exact) mass is 444 g/mol. The van der Waals surface area contributed by atoms with E-state index < -0.39 is 11.7 Å². The normalized spacial score (nSPS) is 11.7. The number of anilines is 4. The highest BCUT2D eigenvalue weighted by atomic mass is 19.4. The zero-order valence-corrected chi connectivity index (χ0v) is 18.5. The Labute approximate surface area is 186 Å². The first kappa shape index (κ1) is 23.4. The molecule has 2 aromatic carbocycles. The van der Waals surface area contributed by atoms with Crippen LogP contribution in [0.1, 0.15) is 44.7 Å². The number of nitrogens with one attached hydrogen (secondary N) is 2. The van der Waals surface area contributed by atoms with Gasteiger partial charge in [-0.15, -0.1) is 0 Å². The van der Waals surface area contributed by atoms with Crippen LogP contribution in [0.2, 0.25) is 0 Å². The number of halogens is 3. The van der Waals surface area contributed by atoms with E-state index in [0.29, 0.717) is 35.6 Å². The van der Waals surface area contributed by atoms with Crippen LogP contribution in [0.5, 0.6) is 5.75 Å². The third-order valence-corrected chi connectivity index (χ3v) is 4.63. The number of rotatable bonds is 8. The zero-order chi connectivity index (χ0) is 23.3. The molecule has 1 aromatic heterocycles. The largest absolute Gasteiger partial charge is 0.493 e. The highest BCUT2D eigenvalue weighted by molar-refractivity contribution is 5.63. The molecule has 0 saturated heterocycles. The molecule has 0 aliphatic heterocycles. The molecule has 3 aromatic rings. The van der Waals surface area contributed by atoms with Crippen molar-refractivity contribution in [3.8, 4) is 5.75 Å². The molecular weight excluding hydrogens is 417 g/mol. The molecular formula is C24H27F3N4O. The van der Waals surface area contributed by atoms with Crippen LogP contribution in [-0.4, -0.2) is 16.6 Å². The van der Waals surface area contributed by atoms with E-state index in [9.17, 15) is 13.2 Å². The summed E-state index contributed by atoms with van der Waals surface area (Å²) in [5, 5.41) is 5.72. The minimum atomic E-state index is -4.59. The van der Waals surface area contributed by atoms with Gasteiger partial charge >= 0.3 is 6.18 Å². The van der Waals surface area contributed by atoms with E-state index in [1.165, 1.54) is 0 Å². The summed E-state index contributed by atoms with van der Waals surface area (Å²) >= 11 is 0. The third kappa shape index (κ3) is 6.35. The first-order valence-electron chi connectivity index (χ1n) is 10.4. The molecule has 0 saturated carbocycles. The Morgan fingerprint density at radius 1 is 0.875 bits per heavy atom. The van der Waals surface area contributed by atoms with Crippen molar-refractivity contribution in [2.24, 2.45) is 5.92 Å². The molecule has 5 nitrogen and oxygen atoms in total. The topological polar surface area (TPSA) is 59.1 Å². The van der Waals surface area contributed by atoms with E-state index in [-0.39, 0.29) is 11.8 Å². The molecule has 0 amide bonds. The Bertz CT molecular complexity index is 1020. The van der Waals surface area contributed by atoms with E-state index in [4.69, 9.17) is 4.74 Å². The Morgan fingerprint density at radius 2 is 1.47 bits per heavy atom. The van der Waals surface area contributed by atoms with Gasteiger partial charge in [-0.05, 0) is 53.8 Å². The minimum absolute atomic E-state index is 0.0511. The molecule has 0 fully saturated rings. The first-order chi connectivity index (χ1) is 15.1. The fourth-order valence-corrected chi connectivity index (χ4v) is 2.86. The zero-order valence-electron chi connectivity index (χ0n) is 18.5. The molecule has 8 heteroatoms. The van der Waals surface area contributed by atoms with Crippen LogP contribution < -0.4 is 15.4 Å². The number of hydrogen-bond acceptors (Lipinski definition) is 5. The number of aromatic nitrogens is 2. The number of hydrogen-bond donors (Lipinski definition) is 2. The molecule has 0 unspecified atom stereocenters. The summed E-state index contributed by atoms with van der Waals surface area (Å²) < 4.78 is 46.1.